The zero-order valence-electron chi connectivity index (χ0n) is 22.2. The summed E-state index contributed by atoms with van der Waals surface area (Å²) in [5.74, 6) is -0.750. The maximum absolute atomic E-state index is 15.7. The highest BCUT2D eigenvalue weighted by atomic mass is 35.5. The van der Waals surface area contributed by atoms with Crippen molar-refractivity contribution in [1.29, 1.82) is 0 Å². The number of likely N-dealkylation sites (tertiary alicyclic amines) is 1. The van der Waals surface area contributed by atoms with E-state index in [0.717, 1.165) is 5.69 Å². The van der Waals surface area contributed by atoms with E-state index in [4.69, 9.17) is 21.3 Å². The molecular formula is C29H28ClF2N5O2S. The Kier molecular flexibility index (Phi) is 7.83. The van der Waals surface area contributed by atoms with Gasteiger partial charge < -0.3 is 15.0 Å². The van der Waals surface area contributed by atoms with Crippen LogP contribution in [0.4, 0.5) is 19.3 Å². The molecule has 2 atom stereocenters. The minimum absolute atomic E-state index is 0.00437. The molecule has 5 rings (SSSR count). The summed E-state index contributed by atoms with van der Waals surface area (Å²) in [6, 6.07) is 13.9. The summed E-state index contributed by atoms with van der Waals surface area (Å²) in [5.41, 5.74) is -0.254. The number of amides is 1. The standard InChI is InChI=1S/C29H28ClF2N5O2S/c1-28(2,3)39-27(38)37-15-19-16-40-26(35-20-7-5-4-6-8-20)36-29(19,17-37)21-11-18(9-10-22(21)31)12-23(32)24-13-34-25(30)14-33-24/h4-14,19H,15-17H2,1-3H3,(H,35,36)/b23-12-/t19-,29+/m1/s1. The molecule has 1 saturated heterocycles. The van der Waals surface area contributed by atoms with Crippen LogP contribution in [0, 0.1) is 11.7 Å². The number of para-hydroxylation sites is 1. The van der Waals surface area contributed by atoms with Crippen molar-refractivity contribution in [2.45, 2.75) is 31.9 Å². The molecule has 40 heavy (non-hydrogen) atoms. The maximum Gasteiger partial charge on any atom is 0.410 e. The lowest BCUT2D eigenvalue weighted by Gasteiger charge is -2.36. The van der Waals surface area contributed by atoms with Crippen LogP contribution in [-0.4, -0.2) is 50.6 Å². The van der Waals surface area contributed by atoms with Crippen molar-refractivity contribution in [3.8, 4) is 0 Å². The Morgan fingerprint density at radius 3 is 2.67 bits per heavy atom. The van der Waals surface area contributed by atoms with E-state index in [0.29, 0.717) is 23.0 Å². The molecular weight excluding hydrogens is 556 g/mol. The first-order chi connectivity index (χ1) is 19.0. The molecule has 2 aliphatic heterocycles. The topological polar surface area (TPSA) is 79.7 Å². The van der Waals surface area contributed by atoms with E-state index in [1.807, 2.05) is 30.3 Å². The highest BCUT2D eigenvalue weighted by Gasteiger charge is 2.53. The van der Waals surface area contributed by atoms with Gasteiger partial charge in [0.25, 0.3) is 0 Å². The summed E-state index contributed by atoms with van der Waals surface area (Å²) in [7, 11) is 0. The summed E-state index contributed by atoms with van der Waals surface area (Å²) < 4.78 is 36.3. The van der Waals surface area contributed by atoms with Crippen molar-refractivity contribution in [2.75, 3.05) is 24.2 Å². The fraction of sp³-hybridized carbons (Fsp3) is 0.310. The molecule has 0 unspecified atom stereocenters. The number of hydrogen-bond acceptors (Lipinski definition) is 7. The third kappa shape index (κ3) is 6.13. The van der Waals surface area contributed by atoms with Gasteiger partial charge in [0.1, 0.15) is 27.8 Å². The monoisotopic (exact) mass is 583 g/mol. The van der Waals surface area contributed by atoms with Gasteiger partial charge in [-0.25, -0.2) is 28.5 Å². The number of ether oxygens (including phenoxy) is 1. The minimum Gasteiger partial charge on any atom is -0.444 e. The Morgan fingerprint density at radius 1 is 1.20 bits per heavy atom. The molecule has 0 aliphatic carbocycles. The van der Waals surface area contributed by atoms with Crippen molar-refractivity contribution in [2.24, 2.45) is 10.9 Å². The van der Waals surface area contributed by atoms with Gasteiger partial charge in [0.05, 0.1) is 18.9 Å². The molecule has 0 saturated carbocycles. The van der Waals surface area contributed by atoms with Crippen LogP contribution in [0.25, 0.3) is 11.9 Å². The van der Waals surface area contributed by atoms with E-state index in [9.17, 15) is 4.79 Å². The number of anilines is 1. The van der Waals surface area contributed by atoms with Gasteiger partial charge >= 0.3 is 6.09 Å². The summed E-state index contributed by atoms with van der Waals surface area (Å²) >= 11 is 7.28. The summed E-state index contributed by atoms with van der Waals surface area (Å²) in [6.07, 6.45) is 3.26. The van der Waals surface area contributed by atoms with Crippen molar-refractivity contribution in [3.63, 3.8) is 0 Å². The fourth-order valence-electron chi connectivity index (χ4n) is 4.77. The Bertz CT molecular complexity index is 1460. The SMILES string of the molecule is CC(C)(C)OC(=O)N1C[C@@H]2CSC(Nc3ccccc3)=N[C@@]2(c2cc(/C=C(\F)c3cnc(Cl)cn3)ccc2F)C1. The molecule has 0 bridgehead atoms. The normalized spacial score (nSPS) is 21.1. The zero-order valence-corrected chi connectivity index (χ0v) is 23.8. The van der Waals surface area contributed by atoms with Crippen LogP contribution in [0.5, 0.6) is 0 Å². The van der Waals surface area contributed by atoms with Crippen LogP contribution in [0.2, 0.25) is 5.15 Å². The number of carbonyl (C=O) groups is 1. The molecule has 208 valence electrons. The van der Waals surface area contributed by atoms with Gasteiger partial charge in [0.2, 0.25) is 0 Å². The highest BCUT2D eigenvalue weighted by molar-refractivity contribution is 8.14. The van der Waals surface area contributed by atoms with Gasteiger partial charge in [-0.2, -0.15) is 0 Å². The summed E-state index contributed by atoms with van der Waals surface area (Å²) in [6.45, 7) is 5.86. The molecule has 1 aromatic heterocycles. The molecule has 1 N–H and O–H groups in total. The number of rotatable bonds is 4. The number of carbonyl (C=O) groups excluding carboxylic acids is 1. The Balaban J connectivity index is 1.56. The molecule has 3 heterocycles. The lowest BCUT2D eigenvalue weighted by atomic mass is 9.81. The van der Waals surface area contributed by atoms with Crippen molar-refractivity contribution >= 4 is 52.2 Å². The van der Waals surface area contributed by atoms with Crippen LogP contribution >= 0.6 is 23.4 Å². The van der Waals surface area contributed by atoms with Crippen LogP contribution < -0.4 is 5.32 Å². The van der Waals surface area contributed by atoms with Gasteiger partial charge in [0.15, 0.2) is 11.0 Å². The summed E-state index contributed by atoms with van der Waals surface area (Å²) in [4.78, 5) is 27.5. The molecule has 0 radical (unpaired) electrons. The number of nitrogens with one attached hydrogen (secondary N) is 1. The van der Waals surface area contributed by atoms with E-state index in [-0.39, 0.29) is 28.9 Å². The molecule has 2 aromatic carbocycles. The number of amidine groups is 1. The van der Waals surface area contributed by atoms with Crippen LogP contribution in [0.1, 0.15) is 37.6 Å². The molecule has 1 amide bonds. The fourth-order valence-corrected chi connectivity index (χ4v) is 6.03. The number of halogens is 3. The lowest BCUT2D eigenvalue weighted by Crippen LogP contribution is -2.41. The average molecular weight is 584 g/mol. The lowest BCUT2D eigenvalue weighted by molar-refractivity contribution is 0.0282. The number of thioether (sulfide) groups is 1. The number of aliphatic imine (C=N–C) groups is 1. The molecule has 2 aliphatic rings. The maximum atomic E-state index is 15.7. The van der Waals surface area contributed by atoms with E-state index >= 15 is 8.78 Å². The van der Waals surface area contributed by atoms with Gasteiger partial charge in [-0.3, -0.25) is 0 Å². The van der Waals surface area contributed by atoms with Crippen molar-refractivity contribution in [1.82, 2.24) is 14.9 Å². The average Bonchev–Trinajstić information content (AvgIpc) is 3.30. The second kappa shape index (κ2) is 11.2. The molecule has 0 spiro atoms. The number of fused-ring (bicyclic) bond motifs is 1. The van der Waals surface area contributed by atoms with Crippen molar-refractivity contribution < 1.29 is 18.3 Å². The third-order valence-electron chi connectivity index (χ3n) is 6.56. The van der Waals surface area contributed by atoms with Gasteiger partial charge in [-0.05, 0) is 56.7 Å². The predicted molar refractivity (Wildman–Crippen MR) is 155 cm³/mol. The second-order valence-corrected chi connectivity index (χ2v) is 12.1. The smallest absolute Gasteiger partial charge is 0.410 e. The van der Waals surface area contributed by atoms with Gasteiger partial charge in [-0.1, -0.05) is 47.6 Å². The van der Waals surface area contributed by atoms with E-state index in [1.54, 1.807) is 31.7 Å². The van der Waals surface area contributed by atoms with E-state index in [1.165, 1.54) is 42.4 Å². The van der Waals surface area contributed by atoms with Crippen LogP contribution in [-0.2, 0) is 10.3 Å². The largest absolute Gasteiger partial charge is 0.444 e. The Morgan fingerprint density at radius 2 is 1.98 bits per heavy atom. The molecule has 3 aromatic rings. The van der Waals surface area contributed by atoms with Crippen LogP contribution in [0.15, 0.2) is 65.9 Å². The quantitative estimate of drug-likeness (QED) is 0.356. The minimum atomic E-state index is -1.11. The van der Waals surface area contributed by atoms with E-state index < -0.39 is 28.9 Å². The first-order valence-corrected chi connectivity index (χ1v) is 14.1. The Labute approximate surface area is 240 Å². The first kappa shape index (κ1) is 28.0. The first-order valence-electron chi connectivity index (χ1n) is 12.7. The van der Waals surface area contributed by atoms with Crippen molar-refractivity contribution in [3.05, 3.63) is 88.7 Å². The molecule has 1 fully saturated rings. The number of aromatic nitrogens is 2. The summed E-state index contributed by atoms with van der Waals surface area (Å²) in [5, 5.41) is 4.08. The van der Waals surface area contributed by atoms with Gasteiger partial charge in [0, 0.05) is 29.5 Å². The Hall–Kier alpha value is -3.50. The predicted octanol–water partition coefficient (Wildman–Crippen LogP) is 7.01. The van der Waals surface area contributed by atoms with Gasteiger partial charge in [-0.15, -0.1) is 0 Å². The highest BCUT2D eigenvalue weighted by Crippen LogP contribution is 2.47. The number of benzene rings is 2. The number of hydrogen-bond donors (Lipinski definition) is 1. The molecule has 7 nitrogen and oxygen atoms in total. The van der Waals surface area contributed by atoms with Crippen LogP contribution in [0.3, 0.4) is 0 Å². The van der Waals surface area contributed by atoms with E-state index in [2.05, 4.69) is 15.3 Å². The number of nitrogens with zero attached hydrogens (tertiary/aromatic N) is 4. The third-order valence-corrected chi connectivity index (χ3v) is 7.79. The second-order valence-electron chi connectivity index (χ2n) is 10.7. The molecule has 11 heteroatoms. The zero-order chi connectivity index (χ0) is 28.5.